The van der Waals surface area contributed by atoms with Crippen LogP contribution in [0, 0.1) is 39.9 Å². The van der Waals surface area contributed by atoms with E-state index in [9.17, 15) is 10.5 Å². The molecule has 1 spiro atoms. The number of ether oxygens (including phenoxy) is 4. The quantitative estimate of drug-likeness (QED) is 0.731. The fourth-order valence-electron chi connectivity index (χ4n) is 4.59. The first kappa shape index (κ1) is 18.7. The van der Waals surface area contributed by atoms with E-state index in [1.165, 1.54) is 6.42 Å². The molecular formula is C18H22N4O4S. The van der Waals surface area contributed by atoms with Crippen LogP contribution in [0.4, 0.5) is 0 Å². The molecule has 0 aromatic carbocycles. The van der Waals surface area contributed by atoms with Crippen molar-refractivity contribution in [3.8, 4) is 12.1 Å². The Kier molecular flexibility index (Phi) is 4.91. The zero-order valence-corrected chi connectivity index (χ0v) is 15.8. The topological polar surface area (TPSA) is 134 Å². The highest BCUT2D eigenvalue weighted by atomic mass is 32.2. The minimum Gasteiger partial charge on any atom is -0.392 e. The molecule has 1 aliphatic carbocycles. The maximum absolute atomic E-state index is 9.62. The molecule has 2 saturated heterocycles. The van der Waals surface area contributed by atoms with Gasteiger partial charge in [0, 0.05) is 25.9 Å². The Balaban J connectivity index is 1.63. The first-order valence-corrected chi connectivity index (χ1v) is 9.95. The summed E-state index contributed by atoms with van der Waals surface area (Å²) < 4.78 is 24.3. The zero-order valence-electron chi connectivity index (χ0n) is 15.0. The summed E-state index contributed by atoms with van der Waals surface area (Å²) >= 11 is 0.954. The normalized spacial score (nSPS) is 40.6. The monoisotopic (exact) mass is 390 g/mol. The van der Waals surface area contributed by atoms with Gasteiger partial charge in [0.05, 0.1) is 33.9 Å². The summed E-state index contributed by atoms with van der Waals surface area (Å²) in [4.78, 5) is 0. The summed E-state index contributed by atoms with van der Waals surface area (Å²) in [6.07, 6.45) is 2.72. The van der Waals surface area contributed by atoms with Crippen LogP contribution in [-0.2, 0) is 18.9 Å². The predicted molar refractivity (Wildman–Crippen MR) is 96.0 cm³/mol. The number of methoxy groups -OCH3 is 1. The van der Waals surface area contributed by atoms with E-state index in [0.717, 1.165) is 37.4 Å². The molecule has 1 saturated carbocycles. The van der Waals surface area contributed by atoms with Crippen LogP contribution in [-0.4, -0.2) is 42.5 Å². The van der Waals surface area contributed by atoms with Gasteiger partial charge >= 0.3 is 0 Å². The number of hydrogen-bond donors (Lipinski definition) is 2. The van der Waals surface area contributed by atoms with Crippen molar-refractivity contribution in [1.82, 2.24) is 0 Å². The van der Waals surface area contributed by atoms with Crippen molar-refractivity contribution in [2.45, 2.75) is 62.5 Å². The molecule has 4 rings (SSSR count). The maximum atomic E-state index is 9.62. The Morgan fingerprint density at radius 1 is 1.22 bits per heavy atom. The standard InChI is InChI=1S/C18H22N4O4S/c1-23-13-12(11-9(7-19)15(21)27-16(22)10(11)8-20)24-17-14(13)25-18(26-17)5-3-2-4-6-18/h9,11-14,17,21H,2-6,22H2,1H3/t9-,11+,12+,13+,14+,17-/m0/s1. The van der Waals surface area contributed by atoms with E-state index in [4.69, 9.17) is 30.1 Å². The molecule has 8 nitrogen and oxygen atoms in total. The largest absolute Gasteiger partial charge is 0.392 e. The van der Waals surface area contributed by atoms with Crippen LogP contribution in [0.5, 0.6) is 0 Å². The van der Waals surface area contributed by atoms with Crippen LogP contribution in [0.1, 0.15) is 32.1 Å². The van der Waals surface area contributed by atoms with Crippen molar-refractivity contribution in [2.75, 3.05) is 7.11 Å². The minimum absolute atomic E-state index is 0.111. The van der Waals surface area contributed by atoms with Gasteiger partial charge in [-0.05, 0) is 12.8 Å². The summed E-state index contributed by atoms with van der Waals surface area (Å²) in [7, 11) is 1.56. The molecule has 9 heteroatoms. The third-order valence-corrected chi connectivity index (χ3v) is 6.76. The summed E-state index contributed by atoms with van der Waals surface area (Å²) in [6.45, 7) is 0. The van der Waals surface area contributed by atoms with Crippen molar-refractivity contribution in [3.05, 3.63) is 10.6 Å². The highest BCUT2D eigenvalue weighted by molar-refractivity contribution is 8.17. The third kappa shape index (κ3) is 2.95. The van der Waals surface area contributed by atoms with Crippen LogP contribution in [0.2, 0.25) is 0 Å². The maximum Gasteiger partial charge on any atom is 0.190 e. The van der Waals surface area contributed by atoms with Crippen LogP contribution in [0.15, 0.2) is 10.6 Å². The molecular weight excluding hydrogens is 368 g/mol. The van der Waals surface area contributed by atoms with Gasteiger partial charge in [-0.1, -0.05) is 18.2 Å². The number of fused-ring (bicyclic) bond motifs is 1. The van der Waals surface area contributed by atoms with Crippen molar-refractivity contribution < 1.29 is 18.9 Å². The van der Waals surface area contributed by atoms with Gasteiger partial charge in [-0.2, -0.15) is 10.5 Å². The third-order valence-electron chi connectivity index (χ3n) is 5.85. The molecule has 3 heterocycles. The SMILES string of the molecule is CO[C@H]1[C@H]2OC3(CCCCC3)O[C@@H]2O[C@@H]1[C@H]1C(C#N)=C(N)SC(=N)[C@H]1C#N. The lowest BCUT2D eigenvalue weighted by molar-refractivity contribution is -0.250. The molecule has 0 aromatic rings. The molecule has 3 fully saturated rings. The molecule has 3 aliphatic heterocycles. The highest BCUT2D eigenvalue weighted by Crippen LogP contribution is 2.49. The predicted octanol–water partition coefficient (Wildman–Crippen LogP) is 1.98. The second kappa shape index (κ2) is 7.08. The number of thioether (sulfide) groups is 1. The Morgan fingerprint density at radius 2 is 1.96 bits per heavy atom. The first-order chi connectivity index (χ1) is 13.0. The van der Waals surface area contributed by atoms with Crippen LogP contribution in [0.25, 0.3) is 0 Å². The molecule has 27 heavy (non-hydrogen) atoms. The Hall–Kier alpha value is -1.62. The second-order valence-corrected chi connectivity index (χ2v) is 8.41. The van der Waals surface area contributed by atoms with E-state index in [2.05, 4.69) is 12.1 Å². The van der Waals surface area contributed by atoms with Crippen molar-refractivity contribution in [2.24, 2.45) is 17.6 Å². The van der Waals surface area contributed by atoms with Gasteiger partial charge in [-0.3, -0.25) is 5.41 Å². The van der Waals surface area contributed by atoms with Crippen molar-refractivity contribution in [3.63, 3.8) is 0 Å². The highest BCUT2D eigenvalue weighted by Gasteiger charge is 2.61. The summed E-state index contributed by atoms with van der Waals surface area (Å²) in [6, 6.07) is 4.23. The molecule has 6 atom stereocenters. The van der Waals surface area contributed by atoms with E-state index in [0.29, 0.717) is 0 Å². The lowest BCUT2D eigenvalue weighted by Gasteiger charge is -2.37. The Morgan fingerprint density at radius 3 is 2.59 bits per heavy atom. The molecule has 0 unspecified atom stereocenters. The second-order valence-electron chi connectivity index (χ2n) is 7.33. The Labute approximate surface area is 162 Å². The van der Waals surface area contributed by atoms with Gasteiger partial charge < -0.3 is 24.7 Å². The lowest BCUT2D eigenvalue weighted by atomic mass is 9.80. The fraction of sp³-hybridized carbons (Fsp3) is 0.722. The number of nitrogens with one attached hydrogen (secondary N) is 1. The molecule has 0 aromatic heterocycles. The van der Waals surface area contributed by atoms with Crippen molar-refractivity contribution >= 4 is 16.8 Å². The molecule has 0 radical (unpaired) electrons. The molecule has 0 amide bonds. The molecule has 144 valence electrons. The van der Waals surface area contributed by atoms with Gasteiger partial charge in [-0.15, -0.1) is 0 Å². The van der Waals surface area contributed by atoms with Crippen LogP contribution in [0.3, 0.4) is 0 Å². The molecule has 3 N–H and O–H groups in total. The minimum atomic E-state index is -0.818. The average molecular weight is 390 g/mol. The Bertz CT molecular complexity index is 751. The van der Waals surface area contributed by atoms with Gasteiger partial charge in [0.15, 0.2) is 12.1 Å². The van der Waals surface area contributed by atoms with Gasteiger partial charge in [-0.25, -0.2) is 0 Å². The van der Waals surface area contributed by atoms with Gasteiger partial charge in [0.2, 0.25) is 0 Å². The summed E-state index contributed by atoms with van der Waals surface area (Å²) in [5.41, 5.74) is 6.25. The smallest absolute Gasteiger partial charge is 0.190 e. The number of nitrogens with zero attached hydrogens (tertiary/aromatic N) is 2. The average Bonchev–Trinajstić information content (AvgIpc) is 3.15. The van der Waals surface area contributed by atoms with E-state index in [1.54, 1.807) is 7.11 Å². The summed E-state index contributed by atoms with van der Waals surface area (Å²) in [5, 5.41) is 27.7. The van der Waals surface area contributed by atoms with Gasteiger partial charge in [0.1, 0.15) is 18.1 Å². The van der Waals surface area contributed by atoms with Gasteiger partial charge in [0.25, 0.3) is 0 Å². The number of rotatable bonds is 2. The molecule has 4 aliphatic rings. The fourth-order valence-corrected chi connectivity index (χ4v) is 5.45. The van der Waals surface area contributed by atoms with E-state index < -0.39 is 42.2 Å². The van der Waals surface area contributed by atoms with E-state index in [-0.39, 0.29) is 15.6 Å². The van der Waals surface area contributed by atoms with E-state index in [1.807, 2.05) is 0 Å². The molecule has 0 bridgehead atoms. The van der Waals surface area contributed by atoms with Crippen molar-refractivity contribution in [1.29, 1.82) is 15.9 Å². The zero-order chi connectivity index (χ0) is 19.2. The number of nitrogens with two attached hydrogens (primary N) is 1. The number of nitriles is 2. The number of hydrogen-bond acceptors (Lipinski definition) is 9. The summed E-state index contributed by atoms with van der Waals surface area (Å²) in [5.74, 6) is -2.12. The van der Waals surface area contributed by atoms with E-state index >= 15 is 0 Å². The van der Waals surface area contributed by atoms with Crippen LogP contribution >= 0.6 is 11.8 Å². The van der Waals surface area contributed by atoms with Crippen LogP contribution < -0.4 is 5.73 Å². The first-order valence-electron chi connectivity index (χ1n) is 9.13. The lowest BCUT2D eigenvalue weighted by Crippen LogP contribution is -2.46.